The van der Waals surface area contributed by atoms with E-state index in [4.69, 9.17) is 9.47 Å². The molecule has 0 spiro atoms. The molecule has 0 unspecified atom stereocenters. The van der Waals surface area contributed by atoms with E-state index in [1.807, 2.05) is 31.2 Å². The van der Waals surface area contributed by atoms with Gasteiger partial charge in [0.05, 0.1) is 23.5 Å². The molecule has 152 valence electrons. The maximum absolute atomic E-state index is 12.8. The number of fused-ring (bicyclic) bond motifs is 1. The Morgan fingerprint density at radius 2 is 2.14 bits per heavy atom. The highest BCUT2D eigenvalue weighted by Crippen LogP contribution is 2.33. The second-order valence-electron chi connectivity index (χ2n) is 7.01. The minimum atomic E-state index is -0.105. The summed E-state index contributed by atoms with van der Waals surface area (Å²) in [5, 5.41) is 7.28. The van der Waals surface area contributed by atoms with Crippen molar-refractivity contribution >= 4 is 33.3 Å². The van der Waals surface area contributed by atoms with Crippen molar-refractivity contribution in [1.82, 2.24) is 15.3 Å². The fraction of sp³-hybridized carbons (Fsp3) is 0.381. The van der Waals surface area contributed by atoms with Crippen molar-refractivity contribution < 1.29 is 14.3 Å². The molecule has 1 aliphatic rings. The summed E-state index contributed by atoms with van der Waals surface area (Å²) < 4.78 is 10.8. The van der Waals surface area contributed by atoms with Crippen LogP contribution in [0.5, 0.6) is 5.75 Å². The monoisotopic (exact) mass is 412 g/mol. The van der Waals surface area contributed by atoms with E-state index in [2.05, 4.69) is 20.6 Å². The third-order valence-corrected chi connectivity index (χ3v) is 6.26. The van der Waals surface area contributed by atoms with Crippen molar-refractivity contribution in [2.45, 2.75) is 32.4 Å². The molecule has 1 fully saturated rings. The molecule has 7 nitrogen and oxygen atoms in total. The smallest absolute Gasteiger partial charge is 0.261 e. The van der Waals surface area contributed by atoms with Crippen LogP contribution in [0, 0.1) is 6.92 Å². The quantitative estimate of drug-likeness (QED) is 0.618. The van der Waals surface area contributed by atoms with Crippen LogP contribution in [0.15, 0.2) is 30.6 Å². The van der Waals surface area contributed by atoms with Crippen molar-refractivity contribution in [3.05, 3.63) is 46.6 Å². The molecule has 0 radical (unpaired) electrons. The van der Waals surface area contributed by atoms with Gasteiger partial charge in [-0.25, -0.2) is 9.97 Å². The van der Waals surface area contributed by atoms with E-state index in [1.54, 1.807) is 7.11 Å². The number of hydrogen-bond donors (Lipinski definition) is 2. The van der Waals surface area contributed by atoms with Gasteiger partial charge in [-0.3, -0.25) is 4.79 Å². The zero-order chi connectivity index (χ0) is 20.2. The molecule has 1 amide bonds. The van der Waals surface area contributed by atoms with Gasteiger partial charge in [-0.05, 0) is 43.0 Å². The second-order valence-corrected chi connectivity index (χ2v) is 8.00. The lowest BCUT2D eigenvalue weighted by molar-refractivity contribution is 0.0954. The van der Waals surface area contributed by atoms with E-state index in [0.29, 0.717) is 18.0 Å². The summed E-state index contributed by atoms with van der Waals surface area (Å²) in [6.07, 6.45) is 3.91. The molecule has 0 bridgehead atoms. The third-order valence-electron chi connectivity index (χ3n) is 5.07. The first-order valence-corrected chi connectivity index (χ1v) is 10.5. The number of aryl methyl sites for hydroxylation is 1. The molecule has 0 aliphatic carbocycles. The average molecular weight is 413 g/mol. The molecule has 1 atom stereocenters. The van der Waals surface area contributed by atoms with Crippen molar-refractivity contribution in [2.75, 3.05) is 25.6 Å². The minimum absolute atomic E-state index is 0.105. The number of thiophene rings is 1. The van der Waals surface area contributed by atoms with E-state index in [1.165, 1.54) is 17.7 Å². The van der Waals surface area contributed by atoms with Gasteiger partial charge in [0, 0.05) is 19.7 Å². The highest BCUT2D eigenvalue weighted by Gasteiger charge is 2.21. The Balaban J connectivity index is 1.48. The van der Waals surface area contributed by atoms with Crippen molar-refractivity contribution in [2.24, 2.45) is 0 Å². The van der Waals surface area contributed by atoms with Gasteiger partial charge in [0.2, 0.25) is 0 Å². The van der Waals surface area contributed by atoms with E-state index in [9.17, 15) is 4.79 Å². The average Bonchev–Trinajstić information content (AvgIpc) is 3.39. The van der Waals surface area contributed by atoms with Gasteiger partial charge >= 0.3 is 0 Å². The van der Waals surface area contributed by atoms with E-state index in [-0.39, 0.29) is 12.0 Å². The van der Waals surface area contributed by atoms with Gasteiger partial charge in [0.25, 0.3) is 5.91 Å². The SMILES string of the molecule is COc1ccc(CNC(=O)c2sc3ncnc(NC[C@@H]4CCCO4)c3c2C)cc1. The molecule has 8 heteroatoms. The van der Waals surface area contributed by atoms with Gasteiger partial charge in [0.1, 0.15) is 22.7 Å². The lowest BCUT2D eigenvalue weighted by atomic mass is 10.1. The fourth-order valence-corrected chi connectivity index (χ4v) is 4.51. The first-order valence-electron chi connectivity index (χ1n) is 9.66. The molecule has 2 aromatic heterocycles. The number of carbonyl (C=O) groups is 1. The number of nitrogens with one attached hydrogen (secondary N) is 2. The number of amides is 1. The summed E-state index contributed by atoms with van der Waals surface area (Å²) >= 11 is 1.39. The van der Waals surface area contributed by atoms with Gasteiger partial charge in [-0.1, -0.05) is 12.1 Å². The van der Waals surface area contributed by atoms with Gasteiger partial charge in [-0.2, -0.15) is 0 Å². The van der Waals surface area contributed by atoms with Crippen LogP contribution in [-0.4, -0.2) is 42.2 Å². The first-order chi connectivity index (χ1) is 14.2. The molecule has 3 heterocycles. The van der Waals surface area contributed by atoms with Crippen LogP contribution in [0.3, 0.4) is 0 Å². The Hall–Kier alpha value is -2.71. The largest absolute Gasteiger partial charge is 0.497 e. The van der Waals surface area contributed by atoms with Crippen molar-refractivity contribution in [3.63, 3.8) is 0 Å². The predicted molar refractivity (Wildman–Crippen MR) is 114 cm³/mol. The lowest BCUT2D eigenvalue weighted by Crippen LogP contribution is -2.22. The number of hydrogen-bond acceptors (Lipinski definition) is 7. The molecule has 4 rings (SSSR count). The highest BCUT2D eigenvalue weighted by molar-refractivity contribution is 7.20. The molecular weight excluding hydrogens is 388 g/mol. The first kappa shape index (κ1) is 19.6. The summed E-state index contributed by atoms with van der Waals surface area (Å²) in [4.78, 5) is 23.0. The maximum Gasteiger partial charge on any atom is 0.261 e. The minimum Gasteiger partial charge on any atom is -0.497 e. The van der Waals surface area contributed by atoms with Crippen LogP contribution in [0.4, 0.5) is 5.82 Å². The summed E-state index contributed by atoms with van der Waals surface area (Å²) in [6.45, 7) is 3.93. The van der Waals surface area contributed by atoms with Gasteiger partial charge in [-0.15, -0.1) is 11.3 Å². The molecule has 3 aromatic rings. The number of aromatic nitrogens is 2. The number of ether oxygens (including phenoxy) is 2. The van der Waals surface area contributed by atoms with Crippen LogP contribution in [0.2, 0.25) is 0 Å². The Bertz CT molecular complexity index is 997. The Morgan fingerprint density at radius 3 is 2.86 bits per heavy atom. The predicted octanol–water partition coefficient (Wildman–Crippen LogP) is 3.53. The summed E-state index contributed by atoms with van der Waals surface area (Å²) in [5.41, 5.74) is 1.91. The second kappa shape index (κ2) is 8.75. The normalized spacial score (nSPS) is 16.1. The number of benzene rings is 1. The summed E-state index contributed by atoms with van der Waals surface area (Å²) in [7, 11) is 1.63. The lowest BCUT2D eigenvalue weighted by Gasteiger charge is -2.12. The summed E-state index contributed by atoms with van der Waals surface area (Å²) in [5.74, 6) is 1.45. The van der Waals surface area contributed by atoms with Crippen LogP contribution in [-0.2, 0) is 11.3 Å². The maximum atomic E-state index is 12.8. The molecular formula is C21H24N4O3S. The Labute approximate surface area is 173 Å². The molecule has 1 aromatic carbocycles. The number of anilines is 1. The summed E-state index contributed by atoms with van der Waals surface area (Å²) in [6, 6.07) is 7.65. The Morgan fingerprint density at radius 1 is 1.31 bits per heavy atom. The van der Waals surface area contributed by atoms with E-state index >= 15 is 0 Å². The molecule has 29 heavy (non-hydrogen) atoms. The number of nitrogens with zero attached hydrogens (tertiary/aromatic N) is 2. The number of rotatable bonds is 7. The molecule has 1 aliphatic heterocycles. The molecule has 2 N–H and O–H groups in total. The van der Waals surface area contributed by atoms with E-state index in [0.717, 1.165) is 52.4 Å². The van der Waals surface area contributed by atoms with Crippen LogP contribution < -0.4 is 15.4 Å². The highest BCUT2D eigenvalue weighted by atomic mass is 32.1. The van der Waals surface area contributed by atoms with Gasteiger partial charge in [0.15, 0.2) is 0 Å². The zero-order valence-electron chi connectivity index (χ0n) is 16.5. The topological polar surface area (TPSA) is 85.4 Å². The third kappa shape index (κ3) is 4.33. The van der Waals surface area contributed by atoms with Crippen LogP contribution in [0.1, 0.15) is 33.6 Å². The number of carbonyl (C=O) groups excluding carboxylic acids is 1. The molecule has 1 saturated heterocycles. The van der Waals surface area contributed by atoms with Crippen molar-refractivity contribution in [1.29, 1.82) is 0 Å². The fourth-order valence-electron chi connectivity index (χ4n) is 3.44. The van der Waals surface area contributed by atoms with E-state index < -0.39 is 0 Å². The van der Waals surface area contributed by atoms with Crippen LogP contribution >= 0.6 is 11.3 Å². The molecule has 0 saturated carbocycles. The number of methoxy groups -OCH3 is 1. The van der Waals surface area contributed by atoms with Crippen LogP contribution in [0.25, 0.3) is 10.2 Å². The standard InChI is InChI=1S/C21H24N4O3S/c1-13-17-19(22-11-16-4-3-9-28-16)24-12-25-21(17)29-18(13)20(26)23-10-14-5-7-15(27-2)8-6-14/h5-8,12,16H,3-4,9-11H2,1-2H3,(H,23,26)(H,22,24,25)/t16-/m0/s1. The van der Waals surface area contributed by atoms with Crippen molar-refractivity contribution in [3.8, 4) is 5.75 Å². The Kier molecular flexibility index (Phi) is 5.92. The zero-order valence-corrected chi connectivity index (χ0v) is 17.3. The van der Waals surface area contributed by atoms with Gasteiger partial charge < -0.3 is 20.1 Å².